The summed E-state index contributed by atoms with van der Waals surface area (Å²) in [4.78, 5) is 11.7. The number of hydrogen-bond acceptors (Lipinski definition) is 6. The Kier molecular flexibility index (Phi) is 6.93. The van der Waals surface area contributed by atoms with E-state index in [1.54, 1.807) is 12.1 Å². The first-order valence-corrected chi connectivity index (χ1v) is 12.8. The smallest absolute Gasteiger partial charge is 0.294 e. The van der Waals surface area contributed by atoms with E-state index in [0.29, 0.717) is 0 Å². The van der Waals surface area contributed by atoms with Gasteiger partial charge < -0.3 is 14.7 Å². The second kappa shape index (κ2) is 9.74. The second-order valence-electron chi connectivity index (χ2n) is 9.30. The van der Waals surface area contributed by atoms with Gasteiger partial charge in [-0.3, -0.25) is 9.54 Å². The number of likely N-dealkylation sites (N-methyl/N-ethyl adjacent to an activating group) is 1. The Morgan fingerprint density at radius 2 is 1.62 bits per heavy atom. The monoisotopic (exact) mass is 480 g/mol. The third-order valence-corrected chi connectivity index (χ3v) is 7.47. The van der Waals surface area contributed by atoms with E-state index >= 15 is 0 Å². The summed E-state index contributed by atoms with van der Waals surface area (Å²) in [6.07, 6.45) is 2.03. The third-order valence-electron chi connectivity index (χ3n) is 6.61. The van der Waals surface area contributed by atoms with Crippen LogP contribution in [0.5, 0.6) is 0 Å². The Bertz CT molecular complexity index is 1210. The Morgan fingerprint density at radius 1 is 0.941 bits per heavy atom. The molecule has 2 aliphatic rings. The van der Waals surface area contributed by atoms with Gasteiger partial charge in [0, 0.05) is 56.9 Å². The number of pyridine rings is 1. The van der Waals surface area contributed by atoms with Gasteiger partial charge >= 0.3 is 0 Å². The molecule has 2 fully saturated rings. The van der Waals surface area contributed by atoms with Crippen LogP contribution in [-0.4, -0.2) is 69.7 Å². The van der Waals surface area contributed by atoms with Gasteiger partial charge in [0.2, 0.25) is 0 Å². The molecule has 5 rings (SSSR count). The standard InChI is InChI=1S/C19H24N4.C7H8O3S/c1-21(2)16-6-4-14(5-7-16)18-9-8-17(10-20-18)23-12-15-11-22(3)19(15)13-23;1-6-2-4-7(5-3-6)11(8,9)10/h4-10,15,19H,11-13H2,1-3H3;2-5H,1H3,(H,8,9,10)/t15-,19+;/m1./s1. The normalized spacial score (nSPS) is 19.6. The number of aryl methyl sites for hydroxylation is 1. The molecule has 0 spiro atoms. The lowest BCUT2D eigenvalue weighted by atomic mass is 9.93. The zero-order chi connectivity index (χ0) is 24.5. The van der Waals surface area contributed by atoms with E-state index in [-0.39, 0.29) is 4.90 Å². The van der Waals surface area contributed by atoms with Gasteiger partial charge in [0.15, 0.2) is 0 Å². The molecule has 180 valence electrons. The Labute approximate surface area is 202 Å². The number of fused-ring (bicyclic) bond motifs is 1. The predicted molar refractivity (Wildman–Crippen MR) is 137 cm³/mol. The van der Waals surface area contributed by atoms with Crippen LogP contribution >= 0.6 is 0 Å². The van der Waals surface area contributed by atoms with E-state index in [1.165, 1.54) is 42.2 Å². The highest BCUT2D eigenvalue weighted by atomic mass is 32.2. The van der Waals surface area contributed by atoms with Crippen LogP contribution in [-0.2, 0) is 10.1 Å². The van der Waals surface area contributed by atoms with Gasteiger partial charge in [-0.25, -0.2) is 0 Å². The Balaban J connectivity index is 0.000000210. The molecule has 0 amide bonds. The van der Waals surface area contributed by atoms with Crippen molar-refractivity contribution in [2.45, 2.75) is 17.9 Å². The fraction of sp³-hybridized carbons (Fsp3) is 0.346. The summed E-state index contributed by atoms with van der Waals surface area (Å²) in [5.74, 6) is 0.846. The van der Waals surface area contributed by atoms with Crippen molar-refractivity contribution in [3.8, 4) is 11.3 Å². The summed E-state index contributed by atoms with van der Waals surface area (Å²) in [6.45, 7) is 5.39. The van der Waals surface area contributed by atoms with Crippen LogP contribution in [0.4, 0.5) is 11.4 Å². The van der Waals surface area contributed by atoms with Gasteiger partial charge in [-0.2, -0.15) is 8.42 Å². The molecule has 7 nitrogen and oxygen atoms in total. The molecule has 3 aromatic rings. The molecule has 34 heavy (non-hydrogen) atoms. The van der Waals surface area contributed by atoms with Gasteiger partial charge in [-0.05, 0) is 50.4 Å². The minimum atomic E-state index is -4.02. The van der Waals surface area contributed by atoms with Crippen molar-refractivity contribution >= 4 is 21.5 Å². The van der Waals surface area contributed by atoms with E-state index in [4.69, 9.17) is 4.55 Å². The van der Waals surface area contributed by atoms with Gasteiger partial charge in [-0.15, -0.1) is 0 Å². The van der Waals surface area contributed by atoms with E-state index < -0.39 is 10.1 Å². The highest BCUT2D eigenvalue weighted by molar-refractivity contribution is 7.85. The zero-order valence-electron chi connectivity index (χ0n) is 20.1. The summed E-state index contributed by atoms with van der Waals surface area (Å²) in [5.41, 5.74) is 5.63. The van der Waals surface area contributed by atoms with Crippen molar-refractivity contribution in [2.24, 2.45) is 5.92 Å². The summed E-state index contributed by atoms with van der Waals surface area (Å²) in [7, 11) is 2.32. The maximum Gasteiger partial charge on any atom is 0.294 e. The number of hydrogen-bond donors (Lipinski definition) is 1. The van der Waals surface area contributed by atoms with Crippen molar-refractivity contribution in [1.82, 2.24) is 9.88 Å². The zero-order valence-corrected chi connectivity index (χ0v) is 20.9. The van der Waals surface area contributed by atoms with E-state index in [9.17, 15) is 8.42 Å². The molecule has 2 aliphatic heterocycles. The minimum absolute atomic E-state index is 0.0666. The van der Waals surface area contributed by atoms with Crippen LogP contribution in [0.1, 0.15) is 5.56 Å². The molecule has 0 saturated carbocycles. The maximum absolute atomic E-state index is 10.5. The second-order valence-corrected chi connectivity index (χ2v) is 10.7. The average Bonchev–Trinajstić information content (AvgIpc) is 3.16. The number of anilines is 2. The summed E-state index contributed by atoms with van der Waals surface area (Å²) in [5, 5.41) is 0. The fourth-order valence-electron chi connectivity index (χ4n) is 4.50. The number of likely N-dealkylation sites (tertiary alicyclic amines) is 1. The van der Waals surface area contributed by atoms with Crippen LogP contribution < -0.4 is 9.80 Å². The lowest BCUT2D eigenvalue weighted by Crippen LogP contribution is -2.52. The average molecular weight is 481 g/mol. The van der Waals surface area contributed by atoms with Crippen molar-refractivity contribution in [1.29, 1.82) is 0 Å². The molecule has 1 aromatic heterocycles. The van der Waals surface area contributed by atoms with Crippen LogP contribution in [0.2, 0.25) is 0 Å². The number of nitrogens with zero attached hydrogens (tertiary/aromatic N) is 4. The summed E-state index contributed by atoms with van der Waals surface area (Å²) in [6, 6.07) is 19.6. The van der Waals surface area contributed by atoms with Crippen LogP contribution in [0.15, 0.2) is 71.8 Å². The molecule has 0 radical (unpaired) electrons. The van der Waals surface area contributed by atoms with Crippen LogP contribution in [0.25, 0.3) is 11.3 Å². The summed E-state index contributed by atoms with van der Waals surface area (Å²) < 4.78 is 29.6. The van der Waals surface area contributed by atoms with Crippen LogP contribution in [0.3, 0.4) is 0 Å². The van der Waals surface area contributed by atoms with Gasteiger partial charge in [0.25, 0.3) is 10.1 Å². The Morgan fingerprint density at radius 3 is 2.12 bits per heavy atom. The molecule has 3 heterocycles. The third kappa shape index (κ3) is 5.41. The fourth-order valence-corrected chi connectivity index (χ4v) is 4.98. The largest absolute Gasteiger partial charge is 0.378 e. The molecule has 0 bridgehead atoms. The van der Waals surface area contributed by atoms with Crippen LogP contribution in [0, 0.1) is 12.8 Å². The van der Waals surface area contributed by atoms with Crippen molar-refractivity contribution in [3.05, 3.63) is 72.4 Å². The highest BCUT2D eigenvalue weighted by Crippen LogP contribution is 2.34. The molecular weight excluding hydrogens is 448 g/mol. The SMILES string of the molecule is CN(C)c1ccc(-c2ccc(N3C[C@H]4CN(C)[C@H]4C3)cn2)cc1.Cc1ccc(S(=O)(=O)O)cc1. The van der Waals surface area contributed by atoms with E-state index in [2.05, 4.69) is 77.2 Å². The van der Waals surface area contributed by atoms with Crippen molar-refractivity contribution < 1.29 is 13.0 Å². The lowest BCUT2D eigenvalue weighted by molar-refractivity contribution is 0.0827. The minimum Gasteiger partial charge on any atom is -0.378 e. The van der Waals surface area contributed by atoms with E-state index in [1.807, 2.05) is 13.1 Å². The molecule has 1 N–H and O–H groups in total. The van der Waals surface area contributed by atoms with Gasteiger partial charge in [0.1, 0.15) is 0 Å². The number of rotatable bonds is 4. The molecule has 8 heteroatoms. The predicted octanol–water partition coefficient (Wildman–Crippen LogP) is 3.81. The first-order valence-electron chi connectivity index (χ1n) is 11.3. The molecular formula is C26H32N4O3S. The van der Waals surface area contributed by atoms with E-state index in [0.717, 1.165) is 29.8 Å². The summed E-state index contributed by atoms with van der Waals surface area (Å²) >= 11 is 0. The topological polar surface area (TPSA) is 77.0 Å². The Hall–Kier alpha value is -2.94. The number of benzene rings is 2. The molecule has 0 unspecified atom stereocenters. The van der Waals surface area contributed by atoms with Crippen molar-refractivity contribution in [3.63, 3.8) is 0 Å². The quantitative estimate of drug-likeness (QED) is 0.569. The lowest BCUT2D eigenvalue weighted by Gasteiger charge is -2.40. The first-order chi connectivity index (χ1) is 16.1. The molecule has 2 aromatic carbocycles. The number of aromatic nitrogens is 1. The van der Waals surface area contributed by atoms with Gasteiger partial charge in [0.05, 0.1) is 22.5 Å². The first kappa shape index (κ1) is 24.2. The molecule has 2 atom stereocenters. The molecule has 2 saturated heterocycles. The maximum atomic E-state index is 10.5. The van der Waals surface area contributed by atoms with Gasteiger partial charge in [-0.1, -0.05) is 29.8 Å². The highest BCUT2D eigenvalue weighted by Gasteiger charge is 2.43. The molecule has 0 aliphatic carbocycles. The van der Waals surface area contributed by atoms with Crippen molar-refractivity contribution in [2.75, 3.05) is 50.6 Å².